The number of amides is 1. The van der Waals surface area contributed by atoms with E-state index in [1.54, 1.807) is 36.5 Å². The lowest BCUT2D eigenvalue weighted by Gasteiger charge is -2.11. The minimum atomic E-state index is -1.20. The molecule has 0 aliphatic carbocycles. The molecular weight excluding hydrogens is 308 g/mol. The molecule has 1 aromatic carbocycles. The van der Waals surface area contributed by atoms with Crippen molar-refractivity contribution < 1.29 is 9.90 Å². The zero-order valence-electron chi connectivity index (χ0n) is 10.3. The van der Waals surface area contributed by atoms with Crippen molar-refractivity contribution in [3.05, 3.63) is 58.2 Å². The van der Waals surface area contributed by atoms with Crippen molar-refractivity contribution in [1.29, 1.82) is 0 Å². The van der Waals surface area contributed by atoms with Crippen LogP contribution in [0.15, 0.2) is 47.1 Å². The van der Waals surface area contributed by atoms with Crippen molar-refractivity contribution in [2.24, 2.45) is 0 Å². The minimum Gasteiger partial charge on any atom is -0.378 e. The molecule has 1 atom stereocenters. The molecule has 2 N–H and O–H groups in total. The van der Waals surface area contributed by atoms with E-state index < -0.39 is 12.0 Å². The number of aliphatic hydroxyl groups is 1. The van der Waals surface area contributed by atoms with E-state index in [1.165, 1.54) is 0 Å². The molecule has 1 heterocycles. The Kier molecular flexibility index (Phi) is 4.29. The van der Waals surface area contributed by atoms with Crippen LogP contribution >= 0.6 is 15.9 Å². The molecular formula is C14H13BrN2O2. The number of pyridine rings is 1. The number of anilines is 1. The molecule has 0 saturated carbocycles. The molecule has 2 rings (SSSR count). The summed E-state index contributed by atoms with van der Waals surface area (Å²) in [5, 5.41) is 12.5. The third kappa shape index (κ3) is 3.39. The fourth-order valence-corrected chi connectivity index (χ4v) is 1.81. The van der Waals surface area contributed by atoms with E-state index in [-0.39, 0.29) is 0 Å². The summed E-state index contributed by atoms with van der Waals surface area (Å²) in [7, 11) is 0. The summed E-state index contributed by atoms with van der Waals surface area (Å²) < 4.78 is 0.870. The number of nitrogens with zero attached hydrogens (tertiary/aromatic N) is 1. The topological polar surface area (TPSA) is 62.2 Å². The van der Waals surface area contributed by atoms with E-state index in [1.807, 2.05) is 13.0 Å². The van der Waals surface area contributed by atoms with Gasteiger partial charge in [0.05, 0.1) is 0 Å². The normalized spacial score (nSPS) is 11.9. The number of rotatable bonds is 3. The summed E-state index contributed by atoms with van der Waals surface area (Å²) in [6, 6.07) is 10.5. The highest BCUT2D eigenvalue weighted by atomic mass is 79.9. The van der Waals surface area contributed by atoms with Crippen LogP contribution in [0.3, 0.4) is 0 Å². The van der Waals surface area contributed by atoms with Gasteiger partial charge in [-0.2, -0.15) is 0 Å². The summed E-state index contributed by atoms with van der Waals surface area (Å²) in [6.07, 6.45) is 0.409. The predicted molar refractivity (Wildman–Crippen MR) is 76.7 cm³/mol. The second-order valence-corrected chi connectivity index (χ2v) is 4.98. The first-order valence-corrected chi connectivity index (χ1v) is 6.53. The largest absolute Gasteiger partial charge is 0.378 e. The standard InChI is InChI=1S/C14H13BrN2O2/c1-9-7-12(16-8-11(9)15)17-14(19)13(18)10-5-3-2-4-6-10/h2-8,13,18H,1H3,(H,16,17,19). The van der Waals surface area contributed by atoms with E-state index in [9.17, 15) is 9.90 Å². The van der Waals surface area contributed by atoms with Gasteiger partial charge in [0.15, 0.2) is 6.10 Å². The molecule has 1 unspecified atom stereocenters. The molecule has 19 heavy (non-hydrogen) atoms. The number of aliphatic hydroxyl groups excluding tert-OH is 1. The van der Waals surface area contributed by atoms with Gasteiger partial charge in [-0.15, -0.1) is 0 Å². The molecule has 0 aliphatic rings. The van der Waals surface area contributed by atoms with Gasteiger partial charge in [-0.3, -0.25) is 4.79 Å². The lowest BCUT2D eigenvalue weighted by molar-refractivity contribution is -0.124. The minimum absolute atomic E-state index is 0.417. The first-order chi connectivity index (χ1) is 9.08. The number of aromatic nitrogens is 1. The smallest absolute Gasteiger partial charge is 0.258 e. The van der Waals surface area contributed by atoms with E-state index in [4.69, 9.17) is 0 Å². The SMILES string of the molecule is Cc1cc(NC(=O)C(O)c2ccccc2)ncc1Br. The zero-order valence-corrected chi connectivity index (χ0v) is 11.9. The molecule has 2 aromatic rings. The van der Waals surface area contributed by atoms with Crippen molar-refractivity contribution in [2.45, 2.75) is 13.0 Å². The average Bonchev–Trinajstić information content (AvgIpc) is 2.43. The Labute approximate surface area is 119 Å². The second-order valence-electron chi connectivity index (χ2n) is 4.12. The summed E-state index contributed by atoms with van der Waals surface area (Å²) in [6.45, 7) is 1.90. The second kappa shape index (κ2) is 5.95. The highest BCUT2D eigenvalue weighted by Crippen LogP contribution is 2.19. The van der Waals surface area contributed by atoms with Gasteiger partial charge in [-0.1, -0.05) is 30.3 Å². The molecule has 0 aliphatic heterocycles. The van der Waals surface area contributed by atoms with E-state index in [0.717, 1.165) is 10.0 Å². The summed E-state index contributed by atoms with van der Waals surface area (Å²) in [5.74, 6) is -0.0823. The number of carbonyl (C=O) groups is 1. The van der Waals surface area contributed by atoms with E-state index in [0.29, 0.717) is 11.4 Å². The molecule has 98 valence electrons. The van der Waals surface area contributed by atoms with Crippen molar-refractivity contribution in [1.82, 2.24) is 4.98 Å². The van der Waals surface area contributed by atoms with Crippen LogP contribution in [0.25, 0.3) is 0 Å². The van der Waals surface area contributed by atoms with E-state index in [2.05, 4.69) is 26.2 Å². The molecule has 4 nitrogen and oxygen atoms in total. The highest BCUT2D eigenvalue weighted by Gasteiger charge is 2.17. The van der Waals surface area contributed by atoms with Gasteiger partial charge < -0.3 is 10.4 Å². The summed E-state index contributed by atoms with van der Waals surface area (Å²) in [5.41, 5.74) is 1.51. The zero-order chi connectivity index (χ0) is 13.8. The maximum Gasteiger partial charge on any atom is 0.258 e. The first kappa shape index (κ1) is 13.7. The van der Waals surface area contributed by atoms with Crippen LogP contribution in [-0.4, -0.2) is 16.0 Å². The maximum absolute atomic E-state index is 11.9. The van der Waals surface area contributed by atoms with Gasteiger partial charge in [0.1, 0.15) is 5.82 Å². The van der Waals surface area contributed by atoms with Crippen LogP contribution < -0.4 is 5.32 Å². The fraction of sp³-hybridized carbons (Fsp3) is 0.143. The quantitative estimate of drug-likeness (QED) is 0.914. The molecule has 5 heteroatoms. The van der Waals surface area contributed by atoms with Gasteiger partial charge in [0.2, 0.25) is 0 Å². The van der Waals surface area contributed by atoms with Crippen LogP contribution in [-0.2, 0) is 4.79 Å². The third-order valence-electron chi connectivity index (χ3n) is 2.66. The Bertz CT molecular complexity index is 587. The number of halogens is 1. The summed E-state index contributed by atoms with van der Waals surface area (Å²) in [4.78, 5) is 16.0. The Hall–Kier alpha value is -1.72. The summed E-state index contributed by atoms with van der Waals surface area (Å²) >= 11 is 3.34. The number of hydrogen-bond donors (Lipinski definition) is 2. The van der Waals surface area contributed by atoms with Gasteiger partial charge in [-0.05, 0) is 40.0 Å². The van der Waals surface area contributed by atoms with Gasteiger partial charge in [-0.25, -0.2) is 4.98 Å². The van der Waals surface area contributed by atoms with Crippen molar-refractivity contribution >= 4 is 27.7 Å². The van der Waals surface area contributed by atoms with Gasteiger partial charge in [0.25, 0.3) is 5.91 Å². The van der Waals surface area contributed by atoms with Crippen molar-refractivity contribution in [3.63, 3.8) is 0 Å². The van der Waals surface area contributed by atoms with Gasteiger partial charge in [0, 0.05) is 10.7 Å². The highest BCUT2D eigenvalue weighted by molar-refractivity contribution is 9.10. The Balaban J connectivity index is 2.10. The number of carbonyl (C=O) groups excluding carboxylic acids is 1. The first-order valence-electron chi connectivity index (χ1n) is 5.74. The predicted octanol–water partition coefficient (Wildman–Crippen LogP) is 2.82. The van der Waals surface area contributed by atoms with Crippen LogP contribution in [0.2, 0.25) is 0 Å². The number of hydrogen-bond acceptors (Lipinski definition) is 3. The average molecular weight is 321 g/mol. The molecule has 1 aromatic heterocycles. The Morgan fingerprint density at radius 1 is 1.37 bits per heavy atom. The monoisotopic (exact) mass is 320 g/mol. The Morgan fingerprint density at radius 3 is 2.68 bits per heavy atom. The molecule has 0 fully saturated rings. The van der Waals surface area contributed by atoms with Gasteiger partial charge >= 0.3 is 0 Å². The molecule has 0 bridgehead atoms. The number of aryl methyl sites for hydroxylation is 1. The lowest BCUT2D eigenvalue weighted by atomic mass is 10.1. The van der Waals surface area contributed by atoms with Crippen LogP contribution in [0, 0.1) is 6.92 Å². The number of benzene rings is 1. The van der Waals surface area contributed by atoms with E-state index >= 15 is 0 Å². The molecule has 0 saturated heterocycles. The van der Waals surface area contributed by atoms with Crippen LogP contribution in [0.4, 0.5) is 5.82 Å². The maximum atomic E-state index is 11.9. The third-order valence-corrected chi connectivity index (χ3v) is 3.49. The molecule has 0 radical (unpaired) electrons. The molecule has 1 amide bonds. The van der Waals surface area contributed by atoms with Crippen LogP contribution in [0.5, 0.6) is 0 Å². The number of nitrogens with one attached hydrogen (secondary N) is 1. The van der Waals surface area contributed by atoms with Crippen LogP contribution in [0.1, 0.15) is 17.2 Å². The van der Waals surface area contributed by atoms with Crippen molar-refractivity contribution in [2.75, 3.05) is 5.32 Å². The van der Waals surface area contributed by atoms with Crippen molar-refractivity contribution in [3.8, 4) is 0 Å². The Morgan fingerprint density at radius 2 is 2.05 bits per heavy atom. The molecule has 0 spiro atoms. The fourth-order valence-electron chi connectivity index (χ4n) is 1.59. The lowest BCUT2D eigenvalue weighted by Crippen LogP contribution is -2.21.